The van der Waals surface area contributed by atoms with Crippen molar-refractivity contribution in [3.05, 3.63) is 0 Å². The van der Waals surface area contributed by atoms with E-state index in [0.717, 1.165) is 19.3 Å². The normalized spacial score (nSPS) is 17.8. The fourth-order valence-corrected chi connectivity index (χ4v) is 1.86. The molecule has 110 valence electrons. The van der Waals surface area contributed by atoms with Gasteiger partial charge >= 0.3 is 0 Å². The molecule has 0 aromatic rings. The summed E-state index contributed by atoms with van der Waals surface area (Å²) in [6, 6.07) is -0.153. The molecule has 1 fully saturated rings. The monoisotopic (exact) mass is 271 g/mol. The lowest BCUT2D eigenvalue weighted by atomic mass is 10.1. The van der Waals surface area contributed by atoms with Crippen molar-refractivity contribution >= 4 is 11.8 Å². The number of hydrogen-bond donors (Lipinski definition) is 3. The summed E-state index contributed by atoms with van der Waals surface area (Å²) in [5, 5.41) is 8.66. The van der Waals surface area contributed by atoms with Crippen molar-refractivity contribution < 1.29 is 14.3 Å². The van der Waals surface area contributed by atoms with Crippen LogP contribution < -0.4 is 16.0 Å². The molecule has 3 N–H and O–H groups in total. The first-order chi connectivity index (χ1) is 9.13. The summed E-state index contributed by atoms with van der Waals surface area (Å²) in [4.78, 5) is 23.3. The molecule has 1 atom stereocenters. The fraction of sp³-hybridized carbons (Fsp3) is 0.846. The second kappa shape index (κ2) is 8.87. The molecule has 19 heavy (non-hydrogen) atoms. The van der Waals surface area contributed by atoms with Crippen LogP contribution in [0.4, 0.5) is 0 Å². The lowest BCUT2D eigenvalue weighted by Crippen LogP contribution is -2.48. The maximum absolute atomic E-state index is 11.7. The third-order valence-corrected chi connectivity index (χ3v) is 3.10. The Balaban J connectivity index is 2.16. The summed E-state index contributed by atoms with van der Waals surface area (Å²) >= 11 is 0. The first-order valence-electron chi connectivity index (χ1n) is 7.01. The Kier molecular flexibility index (Phi) is 7.43. The third-order valence-electron chi connectivity index (χ3n) is 3.10. The Morgan fingerprint density at radius 2 is 2.00 bits per heavy atom. The Bertz CT molecular complexity index is 291. The Hall–Kier alpha value is -1.14. The summed E-state index contributed by atoms with van der Waals surface area (Å²) in [5.74, 6) is -0.136. The van der Waals surface area contributed by atoms with E-state index in [4.69, 9.17) is 4.74 Å². The molecule has 1 aliphatic heterocycles. The Morgan fingerprint density at radius 1 is 1.32 bits per heavy atom. The molecule has 0 radical (unpaired) electrons. The van der Waals surface area contributed by atoms with E-state index >= 15 is 0 Å². The van der Waals surface area contributed by atoms with Crippen LogP contribution in [0.15, 0.2) is 0 Å². The molecule has 0 aliphatic carbocycles. The molecule has 1 unspecified atom stereocenters. The largest absolute Gasteiger partial charge is 0.381 e. The van der Waals surface area contributed by atoms with Gasteiger partial charge in [-0.1, -0.05) is 6.92 Å². The minimum atomic E-state index is -0.355. The number of ether oxygens (including phenoxy) is 1. The van der Waals surface area contributed by atoms with Crippen LogP contribution in [0.5, 0.6) is 0 Å². The molecule has 1 saturated heterocycles. The van der Waals surface area contributed by atoms with Crippen LogP contribution in [0.3, 0.4) is 0 Å². The Labute approximate surface area is 114 Å². The van der Waals surface area contributed by atoms with Gasteiger partial charge in [0.05, 0.1) is 12.6 Å². The number of carbonyl (C=O) groups excluding carboxylic acids is 2. The number of rotatable bonds is 7. The van der Waals surface area contributed by atoms with Crippen molar-refractivity contribution in [3.63, 3.8) is 0 Å². The molecular formula is C13H25N3O3. The van der Waals surface area contributed by atoms with Gasteiger partial charge < -0.3 is 15.4 Å². The average Bonchev–Trinajstić information content (AvgIpc) is 2.43. The summed E-state index contributed by atoms with van der Waals surface area (Å²) in [6.45, 7) is 5.99. The standard InChI is InChI=1S/C13H25N3O3/c1-3-6-14-13(18)10(2)15-9-12(17)16-11-4-7-19-8-5-11/h10-11,15H,3-9H2,1-2H3,(H,14,18)(H,16,17). The van der Waals surface area contributed by atoms with Crippen molar-refractivity contribution in [2.24, 2.45) is 0 Å². The van der Waals surface area contributed by atoms with Gasteiger partial charge in [-0.3, -0.25) is 14.9 Å². The van der Waals surface area contributed by atoms with Crippen molar-refractivity contribution in [2.75, 3.05) is 26.3 Å². The molecule has 0 saturated carbocycles. The molecule has 1 rings (SSSR count). The van der Waals surface area contributed by atoms with Crippen molar-refractivity contribution in [2.45, 2.75) is 45.2 Å². The van der Waals surface area contributed by atoms with Crippen LogP contribution in [0.25, 0.3) is 0 Å². The average molecular weight is 271 g/mol. The SMILES string of the molecule is CCCNC(=O)C(C)NCC(=O)NC1CCOCC1. The Morgan fingerprint density at radius 3 is 2.63 bits per heavy atom. The van der Waals surface area contributed by atoms with E-state index in [-0.39, 0.29) is 30.4 Å². The molecule has 6 nitrogen and oxygen atoms in total. The smallest absolute Gasteiger partial charge is 0.236 e. The highest BCUT2D eigenvalue weighted by molar-refractivity contribution is 5.83. The fourth-order valence-electron chi connectivity index (χ4n) is 1.86. The highest BCUT2D eigenvalue weighted by atomic mass is 16.5. The third kappa shape index (κ3) is 6.54. The van der Waals surface area contributed by atoms with Crippen LogP contribution in [0.1, 0.15) is 33.1 Å². The van der Waals surface area contributed by atoms with Crippen LogP contribution in [-0.2, 0) is 14.3 Å². The van der Waals surface area contributed by atoms with Gasteiger partial charge in [-0.2, -0.15) is 0 Å². The van der Waals surface area contributed by atoms with E-state index in [1.54, 1.807) is 6.92 Å². The van der Waals surface area contributed by atoms with E-state index in [2.05, 4.69) is 16.0 Å². The van der Waals surface area contributed by atoms with E-state index in [0.29, 0.717) is 19.8 Å². The van der Waals surface area contributed by atoms with Crippen molar-refractivity contribution in [3.8, 4) is 0 Å². The zero-order chi connectivity index (χ0) is 14.1. The van der Waals surface area contributed by atoms with E-state index < -0.39 is 0 Å². The van der Waals surface area contributed by atoms with Crippen LogP contribution in [0.2, 0.25) is 0 Å². The lowest BCUT2D eigenvalue weighted by Gasteiger charge is -2.23. The summed E-state index contributed by atoms with van der Waals surface area (Å²) in [5.41, 5.74) is 0. The topological polar surface area (TPSA) is 79.5 Å². The molecule has 1 aliphatic rings. The van der Waals surface area contributed by atoms with Gasteiger partial charge in [0.1, 0.15) is 0 Å². The van der Waals surface area contributed by atoms with E-state index in [1.807, 2.05) is 6.92 Å². The second-order valence-corrected chi connectivity index (χ2v) is 4.85. The minimum Gasteiger partial charge on any atom is -0.381 e. The number of amides is 2. The van der Waals surface area contributed by atoms with Crippen molar-refractivity contribution in [1.82, 2.24) is 16.0 Å². The predicted octanol–water partition coefficient (Wildman–Crippen LogP) is -0.214. The predicted molar refractivity (Wildman–Crippen MR) is 72.7 cm³/mol. The number of carbonyl (C=O) groups is 2. The zero-order valence-electron chi connectivity index (χ0n) is 11.8. The highest BCUT2D eigenvalue weighted by Gasteiger charge is 2.17. The van der Waals surface area contributed by atoms with Gasteiger partial charge in [0.2, 0.25) is 11.8 Å². The summed E-state index contributed by atoms with van der Waals surface area (Å²) in [6.07, 6.45) is 2.62. The van der Waals surface area contributed by atoms with Gasteiger partial charge in [-0.15, -0.1) is 0 Å². The number of nitrogens with one attached hydrogen (secondary N) is 3. The first kappa shape index (κ1) is 15.9. The molecular weight excluding hydrogens is 246 g/mol. The van der Waals surface area contributed by atoms with Gasteiger partial charge in [0.25, 0.3) is 0 Å². The van der Waals surface area contributed by atoms with Crippen LogP contribution in [-0.4, -0.2) is 50.2 Å². The summed E-state index contributed by atoms with van der Waals surface area (Å²) in [7, 11) is 0. The molecule has 0 aromatic heterocycles. The van der Waals surface area contributed by atoms with Gasteiger partial charge in [-0.25, -0.2) is 0 Å². The van der Waals surface area contributed by atoms with Crippen LogP contribution in [0, 0.1) is 0 Å². The maximum atomic E-state index is 11.7. The van der Waals surface area contributed by atoms with Crippen LogP contribution >= 0.6 is 0 Å². The first-order valence-corrected chi connectivity index (χ1v) is 7.01. The quantitative estimate of drug-likeness (QED) is 0.598. The maximum Gasteiger partial charge on any atom is 0.236 e. The van der Waals surface area contributed by atoms with E-state index in [9.17, 15) is 9.59 Å². The van der Waals surface area contributed by atoms with Gasteiger partial charge in [-0.05, 0) is 26.2 Å². The molecule has 0 spiro atoms. The van der Waals surface area contributed by atoms with Crippen molar-refractivity contribution in [1.29, 1.82) is 0 Å². The summed E-state index contributed by atoms with van der Waals surface area (Å²) < 4.78 is 5.23. The molecule has 2 amide bonds. The molecule has 0 aromatic carbocycles. The minimum absolute atomic E-state index is 0.0676. The van der Waals surface area contributed by atoms with Gasteiger partial charge in [0, 0.05) is 25.8 Å². The van der Waals surface area contributed by atoms with Gasteiger partial charge in [0.15, 0.2) is 0 Å². The molecule has 0 bridgehead atoms. The number of hydrogen-bond acceptors (Lipinski definition) is 4. The molecule has 6 heteroatoms. The lowest BCUT2D eigenvalue weighted by molar-refractivity contribution is -0.123. The second-order valence-electron chi connectivity index (χ2n) is 4.85. The molecule has 1 heterocycles. The highest BCUT2D eigenvalue weighted by Crippen LogP contribution is 2.05. The van der Waals surface area contributed by atoms with E-state index in [1.165, 1.54) is 0 Å². The zero-order valence-corrected chi connectivity index (χ0v) is 11.8.